The molecule has 1 aliphatic heterocycles. The minimum absolute atomic E-state index is 0.0384. The number of benzene rings is 2. The summed E-state index contributed by atoms with van der Waals surface area (Å²) in [5.41, 5.74) is 2.60. The molecule has 3 rings (SSSR count). The van der Waals surface area contributed by atoms with Crippen LogP contribution >= 0.6 is 15.9 Å². The molecular weight excluding hydrogens is 404 g/mol. The molecule has 142 valence electrons. The summed E-state index contributed by atoms with van der Waals surface area (Å²) >= 11 is 3.44. The van der Waals surface area contributed by atoms with Gasteiger partial charge in [0.15, 0.2) is 0 Å². The van der Waals surface area contributed by atoms with Crippen LogP contribution in [0, 0.1) is 0 Å². The minimum atomic E-state index is -0.0408. The van der Waals surface area contributed by atoms with Crippen molar-refractivity contribution in [2.75, 3.05) is 13.1 Å². The van der Waals surface area contributed by atoms with Gasteiger partial charge in [-0.3, -0.25) is 9.59 Å². The maximum absolute atomic E-state index is 12.7. The number of nitrogens with one attached hydrogen (secondary N) is 1. The van der Waals surface area contributed by atoms with Gasteiger partial charge in [0.05, 0.1) is 5.56 Å². The summed E-state index contributed by atoms with van der Waals surface area (Å²) in [5.74, 6) is 0.450. The van der Waals surface area contributed by atoms with Gasteiger partial charge in [0.2, 0.25) is 0 Å². The van der Waals surface area contributed by atoms with Crippen LogP contribution in [0.1, 0.15) is 58.9 Å². The summed E-state index contributed by atoms with van der Waals surface area (Å²) in [6, 6.07) is 15.4. The zero-order valence-corrected chi connectivity index (χ0v) is 17.3. The molecular formula is C22H25BrN2O2. The average molecular weight is 429 g/mol. The summed E-state index contributed by atoms with van der Waals surface area (Å²) in [5, 5.41) is 3.11. The third-order valence-corrected chi connectivity index (χ3v) is 5.75. The zero-order chi connectivity index (χ0) is 19.4. The molecule has 0 spiro atoms. The average Bonchev–Trinajstić information content (AvgIpc) is 2.68. The van der Waals surface area contributed by atoms with Crippen molar-refractivity contribution in [1.82, 2.24) is 10.2 Å². The van der Waals surface area contributed by atoms with Gasteiger partial charge in [-0.2, -0.15) is 0 Å². The number of rotatable bonds is 4. The van der Waals surface area contributed by atoms with E-state index in [0.29, 0.717) is 30.1 Å². The van der Waals surface area contributed by atoms with Crippen molar-refractivity contribution in [3.63, 3.8) is 0 Å². The van der Waals surface area contributed by atoms with Crippen molar-refractivity contribution in [3.8, 4) is 0 Å². The van der Waals surface area contributed by atoms with Gasteiger partial charge in [0, 0.05) is 29.2 Å². The molecule has 1 aliphatic rings. The highest BCUT2D eigenvalue weighted by Crippen LogP contribution is 2.21. The number of carbonyl (C=O) groups is 2. The number of halogens is 1. The Balaban J connectivity index is 1.54. The second-order valence-corrected chi connectivity index (χ2v) is 8.15. The fraction of sp³-hybridized carbons (Fsp3) is 0.364. The highest BCUT2D eigenvalue weighted by atomic mass is 79.9. The Hall–Kier alpha value is -2.14. The van der Waals surface area contributed by atoms with Gasteiger partial charge in [-0.1, -0.05) is 38.1 Å². The van der Waals surface area contributed by atoms with E-state index in [0.717, 1.165) is 17.3 Å². The van der Waals surface area contributed by atoms with E-state index in [4.69, 9.17) is 0 Å². The molecule has 2 aromatic rings. The van der Waals surface area contributed by atoms with Crippen LogP contribution in [-0.2, 0) is 0 Å². The second-order valence-electron chi connectivity index (χ2n) is 7.30. The second kappa shape index (κ2) is 8.70. The fourth-order valence-electron chi connectivity index (χ4n) is 3.32. The van der Waals surface area contributed by atoms with Gasteiger partial charge in [-0.15, -0.1) is 0 Å². The molecule has 0 aromatic heterocycles. The van der Waals surface area contributed by atoms with Crippen molar-refractivity contribution in [2.24, 2.45) is 0 Å². The maximum Gasteiger partial charge on any atom is 0.254 e. The fourth-order valence-corrected chi connectivity index (χ4v) is 3.77. The molecule has 0 atom stereocenters. The summed E-state index contributed by atoms with van der Waals surface area (Å²) < 4.78 is 0.815. The monoisotopic (exact) mass is 428 g/mol. The summed E-state index contributed by atoms with van der Waals surface area (Å²) in [6.07, 6.45) is 1.54. The van der Waals surface area contributed by atoms with E-state index in [2.05, 4.69) is 35.1 Å². The van der Waals surface area contributed by atoms with Crippen molar-refractivity contribution in [1.29, 1.82) is 0 Å². The Labute approximate surface area is 169 Å². The highest BCUT2D eigenvalue weighted by molar-refractivity contribution is 9.10. The Morgan fingerprint density at radius 3 is 2.26 bits per heavy atom. The Morgan fingerprint density at radius 2 is 1.67 bits per heavy atom. The molecule has 0 unspecified atom stereocenters. The lowest BCUT2D eigenvalue weighted by atomic mass is 10.0. The number of hydrogen-bond acceptors (Lipinski definition) is 2. The lowest BCUT2D eigenvalue weighted by molar-refractivity contribution is 0.0697. The highest BCUT2D eigenvalue weighted by Gasteiger charge is 2.25. The van der Waals surface area contributed by atoms with Crippen LogP contribution in [0.15, 0.2) is 53.0 Å². The van der Waals surface area contributed by atoms with Gasteiger partial charge in [0.25, 0.3) is 11.8 Å². The smallest absolute Gasteiger partial charge is 0.254 e. The molecule has 2 amide bonds. The van der Waals surface area contributed by atoms with Gasteiger partial charge < -0.3 is 10.2 Å². The van der Waals surface area contributed by atoms with Crippen molar-refractivity contribution < 1.29 is 9.59 Å². The zero-order valence-electron chi connectivity index (χ0n) is 15.7. The molecule has 5 heteroatoms. The quantitative estimate of drug-likeness (QED) is 0.772. The van der Waals surface area contributed by atoms with Gasteiger partial charge in [0.1, 0.15) is 0 Å². The summed E-state index contributed by atoms with van der Waals surface area (Å²) in [7, 11) is 0. The number of piperidine rings is 1. The van der Waals surface area contributed by atoms with Crippen LogP contribution < -0.4 is 5.32 Å². The molecule has 1 fully saturated rings. The minimum Gasteiger partial charge on any atom is -0.349 e. The normalized spacial score (nSPS) is 15.0. The molecule has 1 heterocycles. The standard InChI is InChI=1S/C22H25BrN2O2/c1-15(2)16-7-9-17(10-8-16)21(26)24-18-11-13-25(14-12-18)22(27)19-5-3-4-6-20(19)23/h3-10,15,18H,11-14H2,1-2H3,(H,24,26). The van der Waals surface area contributed by atoms with E-state index < -0.39 is 0 Å². The van der Waals surface area contributed by atoms with Crippen molar-refractivity contribution in [3.05, 3.63) is 69.7 Å². The van der Waals surface area contributed by atoms with E-state index in [1.54, 1.807) is 0 Å². The third kappa shape index (κ3) is 4.78. The molecule has 1 N–H and O–H groups in total. The summed E-state index contributed by atoms with van der Waals surface area (Å²) in [6.45, 7) is 5.57. The van der Waals surface area contributed by atoms with Crippen molar-refractivity contribution >= 4 is 27.7 Å². The van der Waals surface area contributed by atoms with E-state index in [1.807, 2.05) is 53.4 Å². The molecule has 4 nitrogen and oxygen atoms in total. The van der Waals surface area contributed by atoms with Crippen LogP contribution in [-0.4, -0.2) is 35.8 Å². The van der Waals surface area contributed by atoms with Gasteiger partial charge in [-0.05, 0) is 64.5 Å². The lowest BCUT2D eigenvalue weighted by Gasteiger charge is -2.32. The molecule has 0 aliphatic carbocycles. The van der Waals surface area contributed by atoms with Crippen LogP contribution in [0.2, 0.25) is 0 Å². The third-order valence-electron chi connectivity index (χ3n) is 5.06. The van der Waals surface area contributed by atoms with Gasteiger partial charge in [-0.25, -0.2) is 0 Å². The van der Waals surface area contributed by atoms with Gasteiger partial charge >= 0.3 is 0 Å². The molecule has 0 radical (unpaired) electrons. The predicted molar refractivity (Wildman–Crippen MR) is 111 cm³/mol. The molecule has 2 aromatic carbocycles. The van der Waals surface area contributed by atoms with Crippen LogP contribution in [0.25, 0.3) is 0 Å². The number of hydrogen-bond donors (Lipinski definition) is 1. The van der Waals surface area contributed by atoms with E-state index in [1.165, 1.54) is 5.56 Å². The maximum atomic E-state index is 12.7. The summed E-state index contributed by atoms with van der Waals surface area (Å²) in [4.78, 5) is 27.0. The van der Waals surface area contributed by atoms with Crippen LogP contribution in [0.4, 0.5) is 0 Å². The first-order chi connectivity index (χ1) is 13.0. The SMILES string of the molecule is CC(C)c1ccc(C(=O)NC2CCN(C(=O)c3ccccc3Br)CC2)cc1. The Morgan fingerprint density at radius 1 is 1.04 bits per heavy atom. The largest absolute Gasteiger partial charge is 0.349 e. The number of likely N-dealkylation sites (tertiary alicyclic amines) is 1. The van der Waals surface area contributed by atoms with Crippen LogP contribution in [0.3, 0.4) is 0 Å². The predicted octanol–water partition coefficient (Wildman–Crippen LogP) is 4.61. The Kier molecular flexibility index (Phi) is 6.32. The van der Waals surface area contributed by atoms with E-state index in [-0.39, 0.29) is 17.9 Å². The Bertz CT molecular complexity index is 809. The molecule has 27 heavy (non-hydrogen) atoms. The first kappa shape index (κ1) is 19.6. The number of nitrogens with zero attached hydrogens (tertiary/aromatic N) is 1. The number of amides is 2. The molecule has 1 saturated heterocycles. The molecule has 0 bridgehead atoms. The number of carbonyl (C=O) groups excluding carboxylic acids is 2. The lowest BCUT2D eigenvalue weighted by Crippen LogP contribution is -2.46. The topological polar surface area (TPSA) is 49.4 Å². The molecule has 0 saturated carbocycles. The van der Waals surface area contributed by atoms with Crippen LogP contribution in [0.5, 0.6) is 0 Å². The van der Waals surface area contributed by atoms with E-state index >= 15 is 0 Å². The first-order valence-corrected chi connectivity index (χ1v) is 10.2. The first-order valence-electron chi connectivity index (χ1n) is 9.40. The van der Waals surface area contributed by atoms with Crippen molar-refractivity contribution in [2.45, 2.75) is 38.6 Å². The van der Waals surface area contributed by atoms with E-state index in [9.17, 15) is 9.59 Å².